The predicted octanol–water partition coefficient (Wildman–Crippen LogP) is 3.39. The van der Waals surface area contributed by atoms with Crippen LogP contribution in [0.2, 0.25) is 0 Å². The van der Waals surface area contributed by atoms with Gasteiger partial charge in [-0.1, -0.05) is 46.5 Å². The number of nitrogens with zero attached hydrogens (tertiary/aromatic N) is 2. The fourth-order valence-corrected chi connectivity index (χ4v) is 3.13. The fourth-order valence-electron chi connectivity index (χ4n) is 3.13. The van der Waals surface area contributed by atoms with Gasteiger partial charge in [0.05, 0.1) is 5.69 Å². The van der Waals surface area contributed by atoms with Crippen LogP contribution >= 0.6 is 0 Å². The van der Waals surface area contributed by atoms with Crippen molar-refractivity contribution in [2.45, 2.75) is 64.8 Å². The lowest BCUT2D eigenvalue weighted by molar-refractivity contribution is 0.475. The van der Waals surface area contributed by atoms with Crippen molar-refractivity contribution in [1.82, 2.24) is 15.1 Å². The Kier molecular flexibility index (Phi) is 4.67. The van der Waals surface area contributed by atoms with Gasteiger partial charge in [-0.3, -0.25) is 4.68 Å². The van der Waals surface area contributed by atoms with Crippen LogP contribution in [0.5, 0.6) is 0 Å². The van der Waals surface area contributed by atoms with Crippen LogP contribution in [0.3, 0.4) is 0 Å². The van der Waals surface area contributed by atoms with E-state index in [1.807, 2.05) is 11.7 Å². The monoisotopic (exact) mass is 263 g/mol. The van der Waals surface area contributed by atoms with E-state index in [9.17, 15) is 0 Å². The second-order valence-electron chi connectivity index (χ2n) is 7.04. The summed E-state index contributed by atoms with van der Waals surface area (Å²) in [5, 5.41) is 8.22. The minimum atomic E-state index is 0.129. The molecule has 1 saturated carbocycles. The molecular formula is C16H29N3. The molecule has 0 unspecified atom stereocenters. The van der Waals surface area contributed by atoms with Crippen LogP contribution in [0.15, 0.2) is 6.20 Å². The van der Waals surface area contributed by atoms with Gasteiger partial charge in [0.1, 0.15) is 0 Å². The largest absolute Gasteiger partial charge is 0.313 e. The summed E-state index contributed by atoms with van der Waals surface area (Å²) in [7, 11) is 2.01. The zero-order chi connectivity index (χ0) is 13.9. The molecular weight excluding hydrogens is 234 g/mol. The third-order valence-electron chi connectivity index (χ3n) is 4.13. The Hall–Kier alpha value is -0.830. The summed E-state index contributed by atoms with van der Waals surface area (Å²) >= 11 is 0. The third-order valence-corrected chi connectivity index (χ3v) is 4.13. The smallest absolute Gasteiger partial charge is 0.0722 e. The SMILES string of the molecule is Cn1cc(CNCCC2CCCC2)c(C(C)(C)C)n1. The zero-order valence-electron chi connectivity index (χ0n) is 13.0. The number of aryl methyl sites for hydroxylation is 1. The summed E-state index contributed by atoms with van der Waals surface area (Å²) in [6, 6.07) is 0. The van der Waals surface area contributed by atoms with E-state index in [2.05, 4.69) is 37.4 Å². The summed E-state index contributed by atoms with van der Waals surface area (Å²) in [5.74, 6) is 0.975. The van der Waals surface area contributed by atoms with Crippen molar-refractivity contribution in [3.8, 4) is 0 Å². The Morgan fingerprint density at radius 2 is 2.00 bits per heavy atom. The number of aromatic nitrogens is 2. The molecule has 0 bridgehead atoms. The van der Waals surface area contributed by atoms with Crippen LogP contribution in [-0.4, -0.2) is 16.3 Å². The van der Waals surface area contributed by atoms with Crippen molar-refractivity contribution in [3.05, 3.63) is 17.5 Å². The van der Waals surface area contributed by atoms with Gasteiger partial charge < -0.3 is 5.32 Å². The Morgan fingerprint density at radius 3 is 2.63 bits per heavy atom. The summed E-state index contributed by atoms with van der Waals surface area (Å²) < 4.78 is 1.94. The molecule has 1 heterocycles. The Balaban J connectivity index is 1.82. The van der Waals surface area contributed by atoms with E-state index in [0.717, 1.165) is 19.0 Å². The summed E-state index contributed by atoms with van der Waals surface area (Å²) in [6.45, 7) is 8.79. The first-order valence-corrected chi connectivity index (χ1v) is 7.70. The molecule has 1 fully saturated rings. The molecule has 0 aromatic carbocycles. The highest BCUT2D eigenvalue weighted by molar-refractivity contribution is 5.23. The van der Waals surface area contributed by atoms with Crippen molar-refractivity contribution in [3.63, 3.8) is 0 Å². The van der Waals surface area contributed by atoms with E-state index < -0.39 is 0 Å². The molecule has 0 aliphatic heterocycles. The lowest BCUT2D eigenvalue weighted by Gasteiger charge is -2.18. The van der Waals surface area contributed by atoms with Crippen molar-refractivity contribution in [2.24, 2.45) is 13.0 Å². The second kappa shape index (κ2) is 6.08. The minimum absolute atomic E-state index is 0.129. The summed E-state index contributed by atoms with van der Waals surface area (Å²) in [6.07, 6.45) is 9.28. The highest BCUT2D eigenvalue weighted by Crippen LogP contribution is 2.27. The number of nitrogens with one attached hydrogen (secondary N) is 1. The van der Waals surface area contributed by atoms with E-state index in [4.69, 9.17) is 0 Å². The number of rotatable bonds is 5. The molecule has 0 amide bonds. The van der Waals surface area contributed by atoms with Gasteiger partial charge in [-0.25, -0.2) is 0 Å². The van der Waals surface area contributed by atoms with Crippen LogP contribution in [0, 0.1) is 5.92 Å². The topological polar surface area (TPSA) is 29.9 Å². The maximum absolute atomic E-state index is 4.61. The van der Waals surface area contributed by atoms with Crippen LogP contribution in [0.25, 0.3) is 0 Å². The normalized spacial score (nSPS) is 17.3. The zero-order valence-corrected chi connectivity index (χ0v) is 13.0. The lowest BCUT2D eigenvalue weighted by Crippen LogP contribution is -2.20. The Labute approximate surface area is 117 Å². The maximum atomic E-state index is 4.61. The number of hydrogen-bond acceptors (Lipinski definition) is 2. The molecule has 0 saturated heterocycles. The molecule has 1 aromatic rings. The van der Waals surface area contributed by atoms with Crippen molar-refractivity contribution >= 4 is 0 Å². The van der Waals surface area contributed by atoms with Gasteiger partial charge >= 0.3 is 0 Å². The molecule has 1 aliphatic rings. The van der Waals surface area contributed by atoms with E-state index in [0.29, 0.717) is 0 Å². The van der Waals surface area contributed by atoms with Gasteiger partial charge in [-0.05, 0) is 18.9 Å². The van der Waals surface area contributed by atoms with Gasteiger partial charge in [0.25, 0.3) is 0 Å². The highest BCUT2D eigenvalue weighted by atomic mass is 15.3. The van der Waals surface area contributed by atoms with Gasteiger partial charge in [0.15, 0.2) is 0 Å². The molecule has 2 rings (SSSR count). The van der Waals surface area contributed by atoms with E-state index in [1.54, 1.807) is 0 Å². The molecule has 3 nitrogen and oxygen atoms in total. The molecule has 0 radical (unpaired) electrons. The molecule has 1 aliphatic carbocycles. The first-order chi connectivity index (χ1) is 8.97. The molecule has 108 valence electrons. The maximum Gasteiger partial charge on any atom is 0.0722 e. The highest BCUT2D eigenvalue weighted by Gasteiger charge is 2.21. The minimum Gasteiger partial charge on any atom is -0.313 e. The van der Waals surface area contributed by atoms with E-state index in [-0.39, 0.29) is 5.41 Å². The first-order valence-electron chi connectivity index (χ1n) is 7.70. The Morgan fingerprint density at radius 1 is 1.32 bits per heavy atom. The fraction of sp³-hybridized carbons (Fsp3) is 0.812. The average Bonchev–Trinajstić information content (AvgIpc) is 2.93. The Bertz CT molecular complexity index is 395. The van der Waals surface area contributed by atoms with Crippen molar-refractivity contribution in [2.75, 3.05) is 6.54 Å². The standard InChI is InChI=1S/C16H29N3/c1-16(2,3)15-14(12-19(4)18-15)11-17-10-9-13-7-5-6-8-13/h12-13,17H,5-11H2,1-4H3. The summed E-state index contributed by atoms with van der Waals surface area (Å²) in [5.41, 5.74) is 2.70. The molecule has 0 spiro atoms. The van der Waals surface area contributed by atoms with Crippen molar-refractivity contribution in [1.29, 1.82) is 0 Å². The van der Waals surface area contributed by atoms with Crippen LogP contribution in [0.1, 0.15) is 64.1 Å². The van der Waals surface area contributed by atoms with E-state index >= 15 is 0 Å². The summed E-state index contributed by atoms with van der Waals surface area (Å²) in [4.78, 5) is 0. The van der Waals surface area contributed by atoms with Crippen LogP contribution in [-0.2, 0) is 19.0 Å². The predicted molar refractivity (Wildman–Crippen MR) is 80.2 cm³/mol. The van der Waals surface area contributed by atoms with Gasteiger partial charge in [-0.2, -0.15) is 5.10 Å². The molecule has 19 heavy (non-hydrogen) atoms. The van der Waals surface area contributed by atoms with Crippen molar-refractivity contribution < 1.29 is 0 Å². The van der Waals surface area contributed by atoms with Gasteiger partial charge in [0.2, 0.25) is 0 Å². The number of hydrogen-bond donors (Lipinski definition) is 1. The van der Waals surface area contributed by atoms with Gasteiger partial charge in [0, 0.05) is 30.8 Å². The van der Waals surface area contributed by atoms with Crippen LogP contribution in [0.4, 0.5) is 0 Å². The third kappa shape index (κ3) is 4.07. The molecule has 1 N–H and O–H groups in total. The average molecular weight is 263 g/mol. The molecule has 0 atom stereocenters. The second-order valence-corrected chi connectivity index (χ2v) is 7.04. The first kappa shape index (κ1) is 14.6. The van der Waals surface area contributed by atoms with Crippen LogP contribution < -0.4 is 5.32 Å². The van der Waals surface area contributed by atoms with Gasteiger partial charge in [-0.15, -0.1) is 0 Å². The van der Waals surface area contributed by atoms with E-state index in [1.165, 1.54) is 43.4 Å². The molecule has 1 aromatic heterocycles. The molecule has 3 heteroatoms. The lowest BCUT2D eigenvalue weighted by atomic mass is 9.89. The quantitative estimate of drug-likeness (QED) is 0.825.